The van der Waals surface area contributed by atoms with Crippen molar-refractivity contribution in [1.29, 1.82) is 0 Å². The summed E-state index contributed by atoms with van der Waals surface area (Å²) in [5.74, 6) is 0. The van der Waals surface area contributed by atoms with E-state index in [-0.39, 0.29) is 0 Å². The van der Waals surface area contributed by atoms with E-state index in [1.54, 1.807) is 0 Å². The number of nitrogens with one attached hydrogen (secondary N) is 1. The Kier molecular flexibility index (Phi) is 3.08. The smallest absolute Gasteiger partial charge is 0.0691 e. The zero-order chi connectivity index (χ0) is 12.5. The van der Waals surface area contributed by atoms with Crippen LogP contribution in [-0.2, 0) is 6.42 Å². The van der Waals surface area contributed by atoms with Gasteiger partial charge in [0.25, 0.3) is 0 Å². The highest BCUT2D eigenvalue weighted by Gasteiger charge is 2.23. The van der Waals surface area contributed by atoms with Gasteiger partial charge in [-0.05, 0) is 59.0 Å². The predicted octanol–water partition coefficient (Wildman–Crippen LogP) is 4.25. The Hall–Kier alpha value is -1.35. The largest absolute Gasteiger partial charge is 0.376 e. The van der Waals surface area contributed by atoms with Gasteiger partial charge in [-0.2, -0.15) is 0 Å². The van der Waals surface area contributed by atoms with Crippen LogP contribution in [0.3, 0.4) is 0 Å². The fraction of sp³-hybridized carbons (Fsp3) is 0.267. The van der Waals surface area contributed by atoms with Crippen LogP contribution in [0.1, 0.15) is 29.3 Å². The van der Waals surface area contributed by atoms with Gasteiger partial charge in [-0.15, -0.1) is 0 Å². The van der Waals surface area contributed by atoms with E-state index in [4.69, 9.17) is 0 Å². The van der Waals surface area contributed by atoms with Crippen molar-refractivity contribution in [1.82, 2.24) is 4.98 Å². The lowest BCUT2D eigenvalue weighted by atomic mass is 10.1. The zero-order valence-corrected chi connectivity index (χ0v) is 11.9. The molecule has 18 heavy (non-hydrogen) atoms. The fourth-order valence-electron chi connectivity index (χ4n) is 2.50. The minimum Gasteiger partial charge on any atom is -0.376 e. The third kappa shape index (κ3) is 2.03. The van der Waals surface area contributed by atoms with Crippen LogP contribution >= 0.6 is 15.9 Å². The second kappa shape index (κ2) is 4.73. The standard InChI is InChI=1S/C15H15BrN2/c1-10-4-2-6-12(14(10)16)18-13-8-7-11-5-3-9-17-15(11)13/h2-6,9,13,18H,7-8H2,1H3. The molecule has 0 saturated heterocycles. The molecule has 3 heteroatoms. The summed E-state index contributed by atoms with van der Waals surface area (Å²) in [6.07, 6.45) is 4.11. The van der Waals surface area contributed by atoms with E-state index in [2.05, 4.69) is 57.4 Å². The number of benzene rings is 1. The molecule has 2 nitrogen and oxygen atoms in total. The lowest BCUT2D eigenvalue weighted by molar-refractivity contribution is 0.745. The average Bonchev–Trinajstić information content (AvgIpc) is 2.79. The first-order chi connectivity index (χ1) is 8.75. The summed E-state index contributed by atoms with van der Waals surface area (Å²) in [7, 11) is 0. The molecule has 1 unspecified atom stereocenters. The second-order valence-corrected chi connectivity index (χ2v) is 5.51. The van der Waals surface area contributed by atoms with Crippen LogP contribution in [0.4, 0.5) is 5.69 Å². The van der Waals surface area contributed by atoms with Crippen LogP contribution < -0.4 is 5.32 Å². The van der Waals surface area contributed by atoms with E-state index in [0.29, 0.717) is 6.04 Å². The number of aryl methyl sites for hydroxylation is 2. The van der Waals surface area contributed by atoms with Crippen molar-refractivity contribution in [3.8, 4) is 0 Å². The SMILES string of the molecule is Cc1cccc(NC2CCc3cccnc32)c1Br. The zero-order valence-electron chi connectivity index (χ0n) is 10.3. The third-order valence-corrected chi connectivity index (χ3v) is 4.53. The van der Waals surface area contributed by atoms with Gasteiger partial charge >= 0.3 is 0 Å². The van der Waals surface area contributed by atoms with Crippen molar-refractivity contribution in [2.75, 3.05) is 5.32 Å². The van der Waals surface area contributed by atoms with Crippen molar-refractivity contribution in [2.24, 2.45) is 0 Å². The first-order valence-electron chi connectivity index (χ1n) is 6.21. The van der Waals surface area contributed by atoms with Crippen molar-refractivity contribution in [3.05, 3.63) is 57.8 Å². The number of rotatable bonds is 2. The fourth-order valence-corrected chi connectivity index (χ4v) is 2.88. The minimum atomic E-state index is 0.333. The number of anilines is 1. The van der Waals surface area contributed by atoms with Crippen LogP contribution in [0.2, 0.25) is 0 Å². The topological polar surface area (TPSA) is 24.9 Å². The van der Waals surface area contributed by atoms with E-state index in [1.165, 1.54) is 16.8 Å². The highest BCUT2D eigenvalue weighted by Crippen LogP contribution is 2.35. The van der Waals surface area contributed by atoms with E-state index < -0.39 is 0 Å². The molecule has 1 N–H and O–H groups in total. The molecule has 1 aromatic heterocycles. The Bertz CT molecular complexity index is 580. The Morgan fingerprint density at radius 1 is 1.28 bits per heavy atom. The number of halogens is 1. The van der Waals surface area contributed by atoms with Crippen molar-refractivity contribution >= 4 is 21.6 Å². The lowest BCUT2D eigenvalue weighted by Crippen LogP contribution is -2.09. The van der Waals surface area contributed by atoms with Gasteiger partial charge in [0.1, 0.15) is 0 Å². The molecular weight excluding hydrogens is 288 g/mol. The highest BCUT2D eigenvalue weighted by molar-refractivity contribution is 9.10. The van der Waals surface area contributed by atoms with Gasteiger partial charge in [-0.3, -0.25) is 4.98 Å². The first-order valence-corrected chi connectivity index (χ1v) is 7.00. The van der Waals surface area contributed by atoms with E-state index in [0.717, 1.165) is 23.0 Å². The molecule has 0 saturated carbocycles. The number of nitrogens with zero attached hydrogens (tertiary/aromatic N) is 1. The molecule has 1 aliphatic carbocycles. The van der Waals surface area contributed by atoms with E-state index >= 15 is 0 Å². The molecule has 0 fully saturated rings. The van der Waals surface area contributed by atoms with Gasteiger partial charge in [0.05, 0.1) is 11.7 Å². The molecule has 3 rings (SSSR count). The number of pyridine rings is 1. The summed E-state index contributed by atoms with van der Waals surface area (Å²) in [6.45, 7) is 2.11. The van der Waals surface area contributed by atoms with Gasteiger partial charge < -0.3 is 5.32 Å². The van der Waals surface area contributed by atoms with Gasteiger partial charge in [0.2, 0.25) is 0 Å². The summed E-state index contributed by atoms with van der Waals surface area (Å²) in [6, 6.07) is 10.8. The number of hydrogen-bond donors (Lipinski definition) is 1. The van der Waals surface area contributed by atoms with Crippen LogP contribution in [0.25, 0.3) is 0 Å². The molecule has 1 atom stereocenters. The third-order valence-electron chi connectivity index (χ3n) is 3.48. The number of fused-ring (bicyclic) bond motifs is 1. The second-order valence-electron chi connectivity index (χ2n) is 4.72. The minimum absolute atomic E-state index is 0.333. The Morgan fingerprint density at radius 3 is 3.06 bits per heavy atom. The van der Waals surface area contributed by atoms with Crippen molar-refractivity contribution in [3.63, 3.8) is 0 Å². The lowest BCUT2D eigenvalue weighted by Gasteiger charge is -2.16. The first kappa shape index (κ1) is 11.7. The molecule has 1 aromatic carbocycles. The highest BCUT2D eigenvalue weighted by atomic mass is 79.9. The molecule has 0 aliphatic heterocycles. The molecule has 2 aromatic rings. The Morgan fingerprint density at radius 2 is 2.17 bits per heavy atom. The average molecular weight is 303 g/mol. The van der Waals surface area contributed by atoms with E-state index in [9.17, 15) is 0 Å². The molecule has 0 amide bonds. The molecular formula is C15H15BrN2. The van der Waals surface area contributed by atoms with Crippen LogP contribution in [-0.4, -0.2) is 4.98 Å². The molecule has 0 spiro atoms. The maximum Gasteiger partial charge on any atom is 0.0691 e. The van der Waals surface area contributed by atoms with Crippen LogP contribution in [0.15, 0.2) is 41.0 Å². The van der Waals surface area contributed by atoms with E-state index in [1.807, 2.05) is 12.3 Å². The summed E-state index contributed by atoms with van der Waals surface area (Å²) in [5, 5.41) is 3.60. The molecule has 1 aliphatic rings. The maximum absolute atomic E-state index is 4.51. The van der Waals surface area contributed by atoms with Crippen LogP contribution in [0, 0.1) is 6.92 Å². The molecule has 92 valence electrons. The number of hydrogen-bond acceptors (Lipinski definition) is 2. The molecule has 1 heterocycles. The molecule has 0 radical (unpaired) electrons. The van der Waals surface area contributed by atoms with Crippen LogP contribution in [0.5, 0.6) is 0 Å². The van der Waals surface area contributed by atoms with Crippen molar-refractivity contribution < 1.29 is 0 Å². The van der Waals surface area contributed by atoms with Gasteiger partial charge in [0, 0.05) is 16.4 Å². The molecule has 0 bridgehead atoms. The maximum atomic E-state index is 4.51. The summed E-state index contributed by atoms with van der Waals surface area (Å²) >= 11 is 3.64. The predicted molar refractivity (Wildman–Crippen MR) is 77.8 cm³/mol. The quantitative estimate of drug-likeness (QED) is 0.897. The van der Waals surface area contributed by atoms with Gasteiger partial charge in [0.15, 0.2) is 0 Å². The monoisotopic (exact) mass is 302 g/mol. The van der Waals surface area contributed by atoms with Crippen molar-refractivity contribution in [2.45, 2.75) is 25.8 Å². The van der Waals surface area contributed by atoms with Gasteiger partial charge in [-0.1, -0.05) is 18.2 Å². The van der Waals surface area contributed by atoms with Gasteiger partial charge in [-0.25, -0.2) is 0 Å². The normalized spacial score (nSPS) is 17.6. The number of aromatic nitrogens is 1. The summed E-state index contributed by atoms with van der Waals surface area (Å²) in [5.41, 5.74) is 4.97. The Balaban J connectivity index is 1.89. The Labute approximate surface area is 116 Å². The summed E-state index contributed by atoms with van der Waals surface area (Å²) in [4.78, 5) is 4.51. The summed E-state index contributed by atoms with van der Waals surface area (Å²) < 4.78 is 1.15.